The monoisotopic (exact) mass is 561 g/mol. The van der Waals surface area contributed by atoms with Crippen LogP contribution in [0.15, 0.2) is 21.8 Å². The number of amides is 2. The first-order chi connectivity index (χ1) is 16.2. The third-order valence-corrected chi connectivity index (χ3v) is 8.22. The molecule has 0 bridgehead atoms. The van der Waals surface area contributed by atoms with E-state index in [1.54, 1.807) is 10.1 Å². The maximum atomic E-state index is 12.8. The zero-order valence-electron chi connectivity index (χ0n) is 18.8. The highest BCUT2D eigenvalue weighted by atomic mass is 35.5. The normalized spacial score (nSPS) is 19.3. The SMILES string of the molecule is CN(C)CCn1nnnc1SCC1=C(C(=O)O)N2C(=O)[C@@H](NC(=O)Cc3csc(N)n3)[C@H]2SC1.Cl. The molecule has 2 amide bonds. The number of carbonyl (C=O) groups excluding carboxylic acids is 2. The van der Waals surface area contributed by atoms with E-state index < -0.39 is 23.3 Å². The number of thiazole rings is 1. The maximum Gasteiger partial charge on any atom is 0.352 e. The van der Waals surface area contributed by atoms with Gasteiger partial charge in [0.1, 0.15) is 17.1 Å². The molecule has 0 spiro atoms. The number of nitrogens with zero attached hydrogens (tertiary/aromatic N) is 7. The number of anilines is 1. The minimum Gasteiger partial charge on any atom is -0.477 e. The number of thioether (sulfide) groups is 2. The first-order valence-corrected chi connectivity index (χ1v) is 13.1. The van der Waals surface area contributed by atoms with Gasteiger partial charge in [-0.2, -0.15) is 0 Å². The zero-order chi connectivity index (χ0) is 24.4. The second kappa shape index (κ2) is 11.6. The molecule has 13 nitrogen and oxygen atoms in total. The Bertz CT molecular complexity index is 1140. The van der Waals surface area contributed by atoms with E-state index in [9.17, 15) is 19.5 Å². The Morgan fingerprint density at radius 2 is 2.17 bits per heavy atom. The predicted octanol–water partition coefficient (Wildman–Crippen LogP) is -0.231. The van der Waals surface area contributed by atoms with Gasteiger partial charge >= 0.3 is 5.97 Å². The number of tetrazole rings is 1. The van der Waals surface area contributed by atoms with Crippen molar-refractivity contribution in [2.75, 3.05) is 37.9 Å². The van der Waals surface area contributed by atoms with Crippen molar-refractivity contribution in [2.45, 2.75) is 29.5 Å². The Kier molecular flexibility index (Phi) is 8.98. The lowest BCUT2D eigenvalue weighted by atomic mass is 10.0. The first-order valence-electron chi connectivity index (χ1n) is 10.2. The third kappa shape index (κ3) is 6.06. The largest absolute Gasteiger partial charge is 0.477 e. The molecule has 2 aromatic heterocycles. The molecule has 0 radical (unpaired) electrons. The highest BCUT2D eigenvalue weighted by Crippen LogP contribution is 2.41. The van der Waals surface area contributed by atoms with E-state index in [0.29, 0.717) is 39.6 Å². The van der Waals surface area contributed by atoms with Gasteiger partial charge in [-0.25, -0.2) is 14.5 Å². The summed E-state index contributed by atoms with van der Waals surface area (Å²) < 4.78 is 1.67. The lowest BCUT2D eigenvalue weighted by molar-refractivity contribution is -0.150. The Hall–Kier alpha value is -2.40. The number of halogens is 1. The van der Waals surface area contributed by atoms with Crippen LogP contribution in [0, 0.1) is 0 Å². The molecule has 35 heavy (non-hydrogen) atoms. The van der Waals surface area contributed by atoms with Crippen molar-refractivity contribution in [3.8, 4) is 0 Å². The number of hydrogen-bond donors (Lipinski definition) is 3. The number of nitrogen functional groups attached to an aromatic ring is 1. The summed E-state index contributed by atoms with van der Waals surface area (Å²) in [6.45, 7) is 1.36. The van der Waals surface area contributed by atoms with Gasteiger partial charge in [0, 0.05) is 23.4 Å². The Morgan fingerprint density at radius 3 is 2.83 bits per heavy atom. The van der Waals surface area contributed by atoms with Crippen molar-refractivity contribution in [1.82, 2.24) is 40.3 Å². The molecular formula is C18H24ClN9O4S3. The van der Waals surface area contributed by atoms with Crippen molar-refractivity contribution in [1.29, 1.82) is 0 Å². The van der Waals surface area contributed by atoms with E-state index in [1.165, 1.54) is 39.8 Å². The minimum atomic E-state index is -1.18. The van der Waals surface area contributed by atoms with E-state index in [-0.39, 0.29) is 30.4 Å². The van der Waals surface area contributed by atoms with Crippen LogP contribution in [0.5, 0.6) is 0 Å². The highest BCUT2D eigenvalue weighted by molar-refractivity contribution is 8.01. The maximum absolute atomic E-state index is 12.8. The van der Waals surface area contributed by atoms with Crippen LogP contribution in [0.3, 0.4) is 0 Å². The third-order valence-electron chi connectivity index (χ3n) is 5.11. The van der Waals surface area contributed by atoms with Crippen molar-refractivity contribution in [2.24, 2.45) is 0 Å². The smallest absolute Gasteiger partial charge is 0.352 e. The van der Waals surface area contributed by atoms with Crippen LogP contribution in [-0.4, -0.2) is 101 Å². The molecule has 1 saturated heterocycles. The van der Waals surface area contributed by atoms with Gasteiger partial charge in [-0.1, -0.05) is 11.8 Å². The standard InChI is InChI=1S/C18H23N9O4S3.ClH/c1-25(2)3-4-26-18(22-23-24-26)34-7-9-6-32-15-12(14(29)27(15)13(9)16(30)31)21-11(28)5-10-8-33-17(19)20-10;/h8,12,15H,3-7H2,1-2H3,(H2,19,20)(H,21,28)(H,30,31);1H/t12-,15-;/m1./s1. The Balaban J connectivity index is 0.00000342. The number of hydrogen-bond acceptors (Lipinski definition) is 12. The van der Waals surface area contributed by atoms with Gasteiger partial charge < -0.3 is 21.1 Å². The average Bonchev–Trinajstić information content (AvgIpc) is 3.41. The summed E-state index contributed by atoms with van der Waals surface area (Å²) >= 11 is 3.98. The molecule has 4 rings (SSSR count). The summed E-state index contributed by atoms with van der Waals surface area (Å²) in [4.78, 5) is 44.5. The lowest BCUT2D eigenvalue weighted by Gasteiger charge is -2.49. The van der Waals surface area contributed by atoms with Crippen molar-refractivity contribution < 1.29 is 19.5 Å². The molecule has 0 unspecified atom stereocenters. The van der Waals surface area contributed by atoms with E-state index in [2.05, 4.69) is 25.8 Å². The molecule has 0 aliphatic carbocycles. The van der Waals surface area contributed by atoms with Crippen molar-refractivity contribution in [3.05, 3.63) is 22.3 Å². The summed E-state index contributed by atoms with van der Waals surface area (Å²) in [5.74, 6) is -1.24. The van der Waals surface area contributed by atoms with E-state index in [1.807, 2.05) is 19.0 Å². The molecular weight excluding hydrogens is 538 g/mol. The van der Waals surface area contributed by atoms with Crippen LogP contribution >= 0.6 is 47.3 Å². The number of β-lactam (4-membered cyclic amide) rings is 1. The molecule has 190 valence electrons. The fraction of sp³-hybridized carbons (Fsp3) is 0.500. The van der Waals surface area contributed by atoms with Gasteiger partial charge in [0.2, 0.25) is 11.1 Å². The first kappa shape index (κ1) is 27.2. The number of aromatic nitrogens is 5. The number of carbonyl (C=O) groups is 3. The molecule has 2 aromatic rings. The topological polar surface area (TPSA) is 172 Å². The van der Waals surface area contributed by atoms with Gasteiger partial charge in [0.15, 0.2) is 5.13 Å². The summed E-state index contributed by atoms with van der Waals surface area (Å²) in [5, 5.41) is 26.4. The number of fused-ring (bicyclic) bond motifs is 1. The number of nitrogens with two attached hydrogens (primary N) is 1. The van der Waals surface area contributed by atoms with Crippen molar-refractivity contribution >= 4 is 70.2 Å². The molecule has 0 aromatic carbocycles. The number of rotatable bonds is 10. The molecule has 4 N–H and O–H groups in total. The number of carboxylic acid groups (broad SMARTS) is 1. The predicted molar refractivity (Wildman–Crippen MR) is 134 cm³/mol. The molecule has 2 aliphatic heterocycles. The molecule has 2 atom stereocenters. The summed E-state index contributed by atoms with van der Waals surface area (Å²) in [5.41, 5.74) is 6.68. The number of carboxylic acids is 1. The fourth-order valence-electron chi connectivity index (χ4n) is 3.47. The van der Waals surface area contributed by atoms with E-state index in [4.69, 9.17) is 5.73 Å². The Labute approximate surface area is 219 Å². The van der Waals surface area contributed by atoms with Gasteiger partial charge in [-0.15, -0.1) is 40.6 Å². The van der Waals surface area contributed by atoms with E-state index >= 15 is 0 Å². The van der Waals surface area contributed by atoms with Gasteiger partial charge in [0.25, 0.3) is 5.91 Å². The molecule has 2 aliphatic rings. The Morgan fingerprint density at radius 1 is 1.40 bits per heavy atom. The molecule has 0 saturated carbocycles. The van der Waals surface area contributed by atoms with Crippen LogP contribution in [0.25, 0.3) is 0 Å². The van der Waals surface area contributed by atoms with Gasteiger partial charge in [-0.05, 0) is 30.1 Å². The minimum absolute atomic E-state index is 0. The molecule has 4 heterocycles. The van der Waals surface area contributed by atoms with Crippen LogP contribution in [0.1, 0.15) is 5.69 Å². The number of likely N-dealkylation sites (N-methyl/N-ethyl adjacent to an activating group) is 1. The second-order valence-electron chi connectivity index (χ2n) is 7.84. The van der Waals surface area contributed by atoms with Crippen LogP contribution in [0.2, 0.25) is 0 Å². The molecule has 1 fully saturated rings. The van der Waals surface area contributed by atoms with Gasteiger partial charge in [0.05, 0.1) is 18.7 Å². The molecule has 17 heteroatoms. The van der Waals surface area contributed by atoms with Crippen LogP contribution in [0.4, 0.5) is 5.13 Å². The van der Waals surface area contributed by atoms with Crippen LogP contribution < -0.4 is 11.1 Å². The fourth-order valence-corrected chi connectivity index (χ4v) is 6.42. The average molecular weight is 562 g/mol. The van der Waals surface area contributed by atoms with Crippen LogP contribution in [-0.2, 0) is 27.3 Å². The van der Waals surface area contributed by atoms with Crippen molar-refractivity contribution in [3.63, 3.8) is 0 Å². The zero-order valence-corrected chi connectivity index (χ0v) is 22.0. The summed E-state index contributed by atoms with van der Waals surface area (Å²) in [6, 6.07) is -0.782. The number of nitrogens with one attached hydrogen (secondary N) is 1. The quantitative estimate of drug-likeness (QED) is 0.257. The number of aliphatic carboxylic acids is 1. The summed E-state index contributed by atoms with van der Waals surface area (Å²) in [6.07, 6.45) is 0.000917. The summed E-state index contributed by atoms with van der Waals surface area (Å²) in [7, 11) is 3.90. The van der Waals surface area contributed by atoms with Gasteiger partial charge in [-0.3, -0.25) is 14.5 Å². The van der Waals surface area contributed by atoms with E-state index in [0.717, 1.165) is 6.54 Å². The highest BCUT2D eigenvalue weighted by Gasteiger charge is 2.54. The second-order valence-corrected chi connectivity index (χ2v) is 10.8. The lowest BCUT2D eigenvalue weighted by Crippen LogP contribution is -2.70.